The first-order valence-corrected chi connectivity index (χ1v) is 11.8. The summed E-state index contributed by atoms with van der Waals surface area (Å²) in [7, 11) is 1.48. The molecule has 188 valence electrons. The molecule has 0 N–H and O–H groups in total. The van der Waals surface area contributed by atoms with Crippen LogP contribution in [0.5, 0.6) is 0 Å². The van der Waals surface area contributed by atoms with E-state index in [-0.39, 0.29) is 23.4 Å². The van der Waals surface area contributed by atoms with Gasteiger partial charge in [0, 0.05) is 19.0 Å². The fraction of sp³-hybridized carbons (Fsp3) is 0.417. The molecular formula is C24H27F2IN4O4. The maximum Gasteiger partial charge on any atom is 0.435 e. The van der Waals surface area contributed by atoms with E-state index in [1.165, 1.54) is 24.2 Å². The van der Waals surface area contributed by atoms with Crippen LogP contribution in [0.15, 0.2) is 24.4 Å². The van der Waals surface area contributed by atoms with Gasteiger partial charge in [0.1, 0.15) is 32.1 Å². The second-order valence-electron chi connectivity index (χ2n) is 10.0. The third-order valence-electron chi connectivity index (χ3n) is 4.57. The van der Waals surface area contributed by atoms with Gasteiger partial charge in [-0.2, -0.15) is 9.78 Å². The van der Waals surface area contributed by atoms with E-state index in [0.29, 0.717) is 14.6 Å². The highest BCUT2D eigenvalue weighted by atomic mass is 127. The van der Waals surface area contributed by atoms with Crippen LogP contribution in [0, 0.1) is 15.3 Å². The minimum absolute atomic E-state index is 0.0428. The van der Waals surface area contributed by atoms with Crippen molar-refractivity contribution in [2.24, 2.45) is 0 Å². The molecule has 8 nitrogen and oxygen atoms in total. The number of hydrogen-bond donors (Lipinski definition) is 0. The van der Waals surface area contributed by atoms with Gasteiger partial charge in [0.05, 0.1) is 17.5 Å². The van der Waals surface area contributed by atoms with E-state index in [1.54, 1.807) is 41.5 Å². The molecule has 0 saturated carbocycles. The molecule has 0 aliphatic rings. The SMILES string of the molecule is CN(Cc1cc(F)c(-c2cc3c(I)nn(C(=O)OC(C)(C)C)c3cn2)c(F)c1)C(=O)OC(C)(C)C. The van der Waals surface area contributed by atoms with Crippen LogP contribution < -0.4 is 0 Å². The highest BCUT2D eigenvalue weighted by Gasteiger charge is 2.24. The third-order valence-corrected chi connectivity index (χ3v) is 5.37. The molecule has 0 aliphatic heterocycles. The first-order valence-electron chi connectivity index (χ1n) is 10.8. The summed E-state index contributed by atoms with van der Waals surface area (Å²) in [4.78, 5) is 30.1. The van der Waals surface area contributed by atoms with E-state index in [1.807, 2.05) is 22.6 Å². The van der Waals surface area contributed by atoms with Crippen molar-refractivity contribution in [2.75, 3.05) is 7.05 Å². The van der Waals surface area contributed by atoms with Gasteiger partial charge in [-0.15, -0.1) is 0 Å². The van der Waals surface area contributed by atoms with E-state index in [9.17, 15) is 9.59 Å². The molecule has 0 spiro atoms. The summed E-state index contributed by atoms with van der Waals surface area (Å²) in [5, 5.41) is 4.69. The Morgan fingerprint density at radius 1 is 1.03 bits per heavy atom. The minimum atomic E-state index is -0.834. The number of ether oxygens (including phenoxy) is 2. The number of pyridine rings is 1. The maximum atomic E-state index is 15.0. The van der Waals surface area contributed by atoms with E-state index < -0.39 is 35.0 Å². The molecule has 0 fully saturated rings. The second-order valence-corrected chi connectivity index (χ2v) is 11.1. The summed E-state index contributed by atoms with van der Waals surface area (Å²) in [5.41, 5.74) is -1.09. The van der Waals surface area contributed by atoms with Crippen LogP contribution in [0.2, 0.25) is 0 Å². The number of nitrogens with zero attached hydrogens (tertiary/aromatic N) is 4. The zero-order chi connectivity index (χ0) is 26.3. The largest absolute Gasteiger partial charge is 0.444 e. The Balaban J connectivity index is 1.92. The lowest BCUT2D eigenvalue weighted by Crippen LogP contribution is -2.33. The second kappa shape index (κ2) is 9.67. The van der Waals surface area contributed by atoms with E-state index in [2.05, 4.69) is 10.1 Å². The highest BCUT2D eigenvalue weighted by molar-refractivity contribution is 14.1. The number of rotatable bonds is 3. The van der Waals surface area contributed by atoms with Gasteiger partial charge in [-0.25, -0.2) is 18.4 Å². The fourth-order valence-corrected chi connectivity index (χ4v) is 3.85. The summed E-state index contributed by atoms with van der Waals surface area (Å²) in [5.74, 6) is -1.67. The molecule has 0 aliphatic carbocycles. The molecule has 0 radical (unpaired) electrons. The topological polar surface area (TPSA) is 86.5 Å². The summed E-state index contributed by atoms with van der Waals surface area (Å²) in [6.07, 6.45) is 0.0363. The van der Waals surface area contributed by atoms with E-state index >= 15 is 8.78 Å². The predicted molar refractivity (Wildman–Crippen MR) is 135 cm³/mol. The number of carbonyl (C=O) groups is 2. The average Bonchev–Trinajstić information content (AvgIpc) is 3.01. The lowest BCUT2D eigenvalue weighted by molar-refractivity contribution is 0.0284. The molecular weight excluding hydrogens is 573 g/mol. The molecule has 0 saturated heterocycles. The van der Waals surface area contributed by atoms with Crippen molar-refractivity contribution >= 4 is 45.7 Å². The minimum Gasteiger partial charge on any atom is -0.444 e. The zero-order valence-electron chi connectivity index (χ0n) is 20.6. The summed E-state index contributed by atoms with van der Waals surface area (Å²) >= 11 is 1.93. The molecule has 0 unspecified atom stereocenters. The lowest BCUT2D eigenvalue weighted by Gasteiger charge is -2.24. The number of amides is 1. The summed E-state index contributed by atoms with van der Waals surface area (Å²) in [6.45, 7) is 10.4. The molecule has 2 heterocycles. The predicted octanol–water partition coefficient (Wildman–Crippen LogP) is 6.13. The normalized spacial score (nSPS) is 12.1. The molecule has 35 heavy (non-hydrogen) atoms. The van der Waals surface area contributed by atoms with Crippen molar-refractivity contribution in [2.45, 2.75) is 59.3 Å². The molecule has 0 bridgehead atoms. The van der Waals surface area contributed by atoms with Crippen LogP contribution in [-0.4, -0.2) is 50.1 Å². The average molecular weight is 600 g/mol. The molecule has 11 heteroatoms. The third kappa shape index (κ3) is 6.44. The van der Waals surface area contributed by atoms with Gasteiger partial charge in [-0.1, -0.05) is 0 Å². The molecule has 0 atom stereocenters. The van der Waals surface area contributed by atoms with Gasteiger partial charge in [-0.05, 0) is 87.9 Å². The van der Waals surface area contributed by atoms with Gasteiger partial charge < -0.3 is 14.4 Å². The van der Waals surface area contributed by atoms with Crippen LogP contribution in [0.25, 0.3) is 22.2 Å². The Morgan fingerprint density at radius 3 is 2.14 bits per heavy atom. The fourth-order valence-electron chi connectivity index (χ4n) is 3.20. The van der Waals surface area contributed by atoms with Crippen LogP contribution in [0.4, 0.5) is 18.4 Å². The number of carbonyl (C=O) groups excluding carboxylic acids is 2. The van der Waals surface area contributed by atoms with Crippen molar-refractivity contribution in [3.63, 3.8) is 0 Å². The Hall–Kier alpha value is -2.83. The van der Waals surface area contributed by atoms with Gasteiger partial charge >= 0.3 is 12.2 Å². The van der Waals surface area contributed by atoms with Crippen LogP contribution in [0.3, 0.4) is 0 Å². The number of fused-ring (bicyclic) bond motifs is 1. The van der Waals surface area contributed by atoms with Gasteiger partial charge in [0.25, 0.3) is 0 Å². The quantitative estimate of drug-likeness (QED) is 0.337. The van der Waals surface area contributed by atoms with E-state index in [4.69, 9.17) is 9.47 Å². The standard InChI is InChI=1S/C24H27F2IN4O4/c1-23(2,3)34-21(32)30(7)12-13-8-15(25)19(16(26)9-13)17-10-14-18(11-28-17)31(29-20(14)27)22(33)35-24(4,5)6/h8-11H,12H2,1-7H3. The summed E-state index contributed by atoms with van der Waals surface area (Å²) in [6, 6.07) is 3.78. The van der Waals surface area contributed by atoms with Crippen molar-refractivity contribution in [3.05, 3.63) is 45.3 Å². The van der Waals surface area contributed by atoms with Crippen LogP contribution in [0.1, 0.15) is 47.1 Å². The summed E-state index contributed by atoms with van der Waals surface area (Å²) < 4.78 is 42.2. The van der Waals surface area contributed by atoms with Crippen LogP contribution >= 0.6 is 22.6 Å². The molecule has 3 rings (SSSR count). The Bertz CT molecular complexity index is 1270. The first-order chi connectivity index (χ1) is 16.1. The molecule has 3 aromatic rings. The Labute approximate surface area is 215 Å². The van der Waals surface area contributed by atoms with Gasteiger partial charge in [0.2, 0.25) is 0 Å². The Kier molecular flexibility index (Phi) is 7.39. The molecule has 1 amide bonds. The number of benzene rings is 1. The van der Waals surface area contributed by atoms with Gasteiger partial charge in [-0.3, -0.25) is 4.98 Å². The number of aromatic nitrogens is 3. The van der Waals surface area contributed by atoms with Crippen molar-refractivity contribution < 1.29 is 27.8 Å². The van der Waals surface area contributed by atoms with E-state index in [0.717, 1.165) is 16.8 Å². The zero-order valence-corrected chi connectivity index (χ0v) is 22.7. The number of halogens is 3. The first kappa shape index (κ1) is 26.8. The van der Waals surface area contributed by atoms with Crippen molar-refractivity contribution in [1.82, 2.24) is 19.7 Å². The van der Waals surface area contributed by atoms with Crippen LogP contribution in [-0.2, 0) is 16.0 Å². The lowest BCUT2D eigenvalue weighted by atomic mass is 10.1. The van der Waals surface area contributed by atoms with Crippen molar-refractivity contribution in [3.8, 4) is 11.3 Å². The maximum absolute atomic E-state index is 15.0. The van der Waals surface area contributed by atoms with Crippen molar-refractivity contribution in [1.29, 1.82) is 0 Å². The number of hydrogen-bond acceptors (Lipinski definition) is 6. The Morgan fingerprint density at radius 2 is 1.60 bits per heavy atom. The van der Waals surface area contributed by atoms with Gasteiger partial charge in [0.15, 0.2) is 0 Å². The highest BCUT2D eigenvalue weighted by Crippen LogP contribution is 2.30. The smallest absolute Gasteiger partial charge is 0.435 e. The molecule has 1 aromatic carbocycles. The molecule has 2 aromatic heterocycles. The monoisotopic (exact) mass is 600 g/mol.